The van der Waals surface area contributed by atoms with Crippen LogP contribution < -0.4 is 4.74 Å². The van der Waals surface area contributed by atoms with Gasteiger partial charge >= 0.3 is 5.97 Å². The maximum absolute atomic E-state index is 13.1. The first-order valence-corrected chi connectivity index (χ1v) is 10.2. The first-order chi connectivity index (χ1) is 14.7. The minimum Gasteiger partial charge on any atom is -0.497 e. The van der Waals surface area contributed by atoms with Gasteiger partial charge in [-0.25, -0.2) is 0 Å². The molecule has 1 aliphatic heterocycles. The van der Waals surface area contributed by atoms with Crippen LogP contribution in [0.4, 0.5) is 0 Å². The lowest BCUT2D eigenvalue weighted by atomic mass is 10.1. The zero-order valence-corrected chi connectivity index (χ0v) is 17.0. The topological polar surface area (TPSA) is 69.0 Å². The molecule has 1 amide bonds. The molecule has 0 unspecified atom stereocenters. The molecule has 1 aromatic heterocycles. The maximum Gasteiger partial charge on any atom is 0.311 e. The molecule has 0 bridgehead atoms. The number of hydrogen-bond donors (Lipinski definition) is 0. The maximum atomic E-state index is 13.1. The van der Waals surface area contributed by atoms with Crippen LogP contribution in [0.15, 0.2) is 59.2 Å². The fourth-order valence-corrected chi connectivity index (χ4v) is 3.83. The van der Waals surface area contributed by atoms with Gasteiger partial charge in [-0.2, -0.15) is 0 Å². The molecule has 0 N–H and O–H groups in total. The molecule has 30 heavy (non-hydrogen) atoms. The summed E-state index contributed by atoms with van der Waals surface area (Å²) in [6.07, 6.45) is 3.72. The van der Waals surface area contributed by atoms with Gasteiger partial charge in [0.2, 0.25) is 6.10 Å². The van der Waals surface area contributed by atoms with Gasteiger partial charge < -0.3 is 18.8 Å². The second kappa shape index (κ2) is 9.03. The number of furan rings is 1. The fraction of sp³-hybridized carbons (Fsp3) is 0.333. The van der Waals surface area contributed by atoms with Gasteiger partial charge in [0.25, 0.3) is 5.91 Å². The molecule has 0 radical (unpaired) electrons. The standard InChI is InChI=1S/C24H25NO5/c1-28-19-10-11-20-18(16-29-21(20)15-19)14-22(26)30-23(17-8-4-2-5-9-17)24(27)25-12-6-3-7-13-25/h2,4-5,8-11,15-16,23H,3,6-7,12-14H2,1H3/t23-/m1/s1. The van der Waals surface area contributed by atoms with Gasteiger partial charge in [0, 0.05) is 35.7 Å². The molecule has 4 rings (SSSR count). The van der Waals surface area contributed by atoms with Crippen LogP contribution in [0.3, 0.4) is 0 Å². The second-order valence-corrected chi connectivity index (χ2v) is 7.47. The van der Waals surface area contributed by atoms with Crippen LogP contribution in [0.1, 0.15) is 36.5 Å². The Morgan fingerprint density at radius 1 is 1.07 bits per heavy atom. The molecule has 2 aromatic carbocycles. The van der Waals surface area contributed by atoms with E-state index in [1.165, 1.54) is 0 Å². The highest BCUT2D eigenvalue weighted by Gasteiger charge is 2.30. The largest absolute Gasteiger partial charge is 0.497 e. The summed E-state index contributed by atoms with van der Waals surface area (Å²) >= 11 is 0. The SMILES string of the molecule is COc1ccc2c(CC(=O)O[C@@H](C(=O)N3CCCCC3)c3ccccc3)coc2c1. The minimum atomic E-state index is -0.935. The molecule has 6 heteroatoms. The molecule has 0 spiro atoms. The van der Waals surface area contributed by atoms with Crippen LogP contribution >= 0.6 is 0 Å². The van der Waals surface area contributed by atoms with E-state index < -0.39 is 12.1 Å². The van der Waals surface area contributed by atoms with Gasteiger partial charge in [0.05, 0.1) is 19.8 Å². The summed E-state index contributed by atoms with van der Waals surface area (Å²) in [6.45, 7) is 1.40. The van der Waals surface area contributed by atoms with E-state index in [9.17, 15) is 9.59 Å². The lowest BCUT2D eigenvalue weighted by molar-refractivity contribution is -0.160. The number of hydrogen-bond acceptors (Lipinski definition) is 5. The van der Waals surface area contributed by atoms with Crippen LogP contribution in [0, 0.1) is 0 Å². The average molecular weight is 407 g/mol. The number of nitrogens with zero attached hydrogens (tertiary/aromatic N) is 1. The molecular weight excluding hydrogens is 382 g/mol. The molecule has 1 fully saturated rings. The highest BCUT2D eigenvalue weighted by atomic mass is 16.5. The number of carbonyl (C=O) groups is 2. The number of amides is 1. The summed E-state index contributed by atoms with van der Waals surface area (Å²) in [6, 6.07) is 14.6. The Morgan fingerprint density at radius 3 is 2.57 bits per heavy atom. The van der Waals surface area contributed by atoms with Crippen LogP contribution in [0.25, 0.3) is 11.0 Å². The second-order valence-electron chi connectivity index (χ2n) is 7.47. The van der Waals surface area contributed by atoms with E-state index in [2.05, 4.69) is 0 Å². The average Bonchev–Trinajstić information content (AvgIpc) is 3.20. The van der Waals surface area contributed by atoms with Crippen molar-refractivity contribution in [2.45, 2.75) is 31.8 Å². The summed E-state index contributed by atoms with van der Waals surface area (Å²) in [7, 11) is 1.59. The van der Waals surface area contributed by atoms with Crippen molar-refractivity contribution in [1.29, 1.82) is 0 Å². The normalized spacial score (nSPS) is 15.0. The molecule has 0 aliphatic carbocycles. The van der Waals surface area contributed by atoms with E-state index in [1.54, 1.807) is 24.3 Å². The Morgan fingerprint density at radius 2 is 1.83 bits per heavy atom. The number of fused-ring (bicyclic) bond motifs is 1. The predicted octanol–water partition coefficient (Wildman–Crippen LogP) is 4.28. The van der Waals surface area contributed by atoms with Crippen molar-refractivity contribution in [3.8, 4) is 5.75 Å². The molecule has 3 aromatic rings. The third-order valence-electron chi connectivity index (χ3n) is 5.44. The number of methoxy groups -OCH3 is 1. The number of piperidine rings is 1. The van der Waals surface area contributed by atoms with Gasteiger partial charge in [-0.3, -0.25) is 9.59 Å². The highest BCUT2D eigenvalue weighted by molar-refractivity contribution is 5.89. The van der Waals surface area contributed by atoms with Gasteiger partial charge in [0.1, 0.15) is 11.3 Å². The lowest BCUT2D eigenvalue weighted by Gasteiger charge is -2.30. The third kappa shape index (κ3) is 4.32. The Labute approximate surface area is 175 Å². The molecule has 6 nitrogen and oxygen atoms in total. The van der Waals surface area contributed by atoms with Crippen molar-refractivity contribution in [1.82, 2.24) is 4.90 Å². The lowest BCUT2D eigenvalue weighted by Crippen LogP contribution is -2.40. The van der Waals surface area contributed by atoms with Gasteiger partial charge in [-0.05, 0) is 31.4 Å². The van der Waals surface area contributed by atoms with E-state index >= 15 is 0 Å². The van der Waals surface area contributed by atoms with Crippen molar-refractivity contribution in [3.05, 3.63) is 65.9 Å². The van der Waals surface area contributed by atoms with Crippen molar-refractivity contribution in [2.24, 2.45) is 0 Å². The smallest absolute Gasteiger partial charge is 0.311 e. The van der Waals surface area contributed by atoms with Crippen LogP contribution in [0.2, 0.25) is 0 Å². The first-order valence-electron chi connectivity index (χ1n) is 10.2. The zero-order valence-electron chi connectivity index (χ0n) is 17.0. The van der Waals surface area contributed by atoms with Gasteiger partial charge in [-0.15, -0.1) is 0 Å². The minimum absolute atomic E-state index is 0.0238. The van der Waals surface area contributed by atoms with E-state index in [0.717, 1.165) is 30.2 Å². The highest BCUT2D eigenvalue weighted by Crippen LogP contribution is 2.27. The summed E-state index contributed by atoms with van der Waals surface area (Å²) in [5.41, 5.74) is 2.04. The van der Waals surface area contributed by atoms with Crippen molar-refractivity contribution in [2.75, 3.05) is 20.2 Å². The summed E-state index contributed by atoms with van der Waals surface area (Å²) in [5.74, 6) is 0.0611. The number of rotatable bonds is 6. The Balaban J connectivity index is 1.52. The van der Waals surface area contributed by atoms with Crippen LogP contribution in [-0.4, -0.2) is 37.0 Å². The summed E-state index contributed by atoms with van der Waals surface area (Å²) in [4.78, 5) is 27.7. The van der Waals surface area contributed by atoms with E-state index in [1.807, 2.05) is 42.5 Å². The fourth-order valence-electron chi connectivity index (χ4n) is 3.83. The van der Waals surface area contributed by atoms with Crippen molar-refractivity contribution in [3.63, 3.8) is 0 Å². The Hall–Kier alpha value is -3.28. The van der Waals surface area contributed by atoms with Crippen molar-refractivity contribution >= 4 is 22.8 Å². The summed E-state index contributed by atoms with van der Waals surface area (Å²) in [5, 5.41) is 0.825. The number of benzene rings is 2. The Kier molecular flexibility index (Phi) is 6.02. The molecule has 0 saturated carbocycles. The first kappa shape index (κ1) is 20.0. The molecule has 2 heterocycles. The van der Waals surface area contributed by atoms with E-state index in [0.29, 0.717) is 30.0 Å². The van der Waals surface area contributed by atoms with Crippen LogP contribution in [0.5, 0.6) is 5.75 Å². The number of ether oxygens (including phenoxy) is 2. The molecule has 1 atom stereocenters. The molecule has 156 valence electrons. The number of esters is 1. The van der Waals surface area contributed by atoms with Crippen LogP contribution in [-0.2, 0) is 20.7 Å². The number of carbonyl (C=O) groups excluding carboxylic acids is 2. The Bertz CT molecular complexity index is 1020. The van der Waals surface area contributed by atoms with Gasteiger partial charge in [0.15, 0.2) is 0 Å². The number of likely N-dealkylation sites (tertiary alicyclic amines) is 1. The predicted molar refractivity (Wildman–Crippen MR) is 112 cm³/mol. The monoisotopic (exact) mass is 407 g/mol. The van der Waals surface area contributed by atoms with Crippen molar-refractivity contribution < 1.29 is 23.5 Å². The molecule has 1 saturated heterocycles. The third-order valence-corrected chi connectivity index (χ3v) is 5.44. The summed E-state index contributed by atoms with van der Waals surface area (Å²) < 4.78 is 16.5. The van der Waals surface area contributed by atoms with Gasteiger partial charge in [-0.1, -0.05) is 30.3 Å². The zero-order chi connectivity index (χ0) is 20.9. The quantitative estimate of drug-likeness (QED) is 0.571. The molecular formula is C24H25NO5. The van der Waals surface area contributed by atoms with E-state index in [-0.39, 0.29) is 12.3 Å². The molecule has 1 aliphatic rings. The van der Waals surface area contributed by atoms with E-state index in [4.69, 9.17) is 13.9 Å².